The molecule has 2 heterocycles. The van der Waals surface area contributed by atoms with Gasteiger partial charge >= 0.3 is 6.09 Å². The summed E-state index contributed by atoms with van der Waals surface area (Å²) in [5.41, 5.74) is 0.00247. The number of rotatable bonds is 4. The van der Waals surface area contributed by atoms with Crippen LogP contribution in [0.1, 0.15) is 57.8 Å². The van der Waals surface area contributed by atoms with Gasteiger partial charge < -0.3 is 24.0 Å². The molecule has 29 heavy (non-hydrogen) atoms. The van der Waals surface area contributed by atoms with Gasteiger partial charge in [-0.2, -0.15) is 0 Å². The summed E-state index contributed by atoms with van der Waals surface area (Å²) in [6.07, 6.45) is 1.58. The van der Waals surface area contributed by atoms with Crippen LogP contribution in [0.2, 0.25) is 0 Å². The minimum atomic E-state index is -0.533. The van der Waals surface area contributed by atoms with Gasteiger partial charge in [0.2, 0.25) is 6.79 Å². The van der Waals surface area contributed by atoms with Crippen molar-refractivity contribution >= 4 is 12.0 Å². The van der Waals surface area contributed by atoms with E-state index in [0.29, 0.717) is 36.7 Å². The molecule has 0 radical (unpaired) electrons. The highest BCUT2D eigenvalue weighted by Crippen LogP contribution is 2.36. The molecule has 7 nitrogen and oxygen atoms in total. The Bertz CT molecular complexity index is 756. The number of fused-ring (bicyclic) bond motifs is 1. The Hall–Kier alpha value is -2.44. The SMILES string of the molecule is CC(C)N(CC1CCCN(C(=O)c2cccc3c2OCO3)C1)C(=O)OC(C)(C)C. The Morgan fingerprint density at radius 3 is 2.72 bits per heavy atom. The lowest BCUT2D eigenvalue weighted by molar-refractivity contribution is 0.0124. The second-order valence-corrected chi connectivity index (χ2v) is 9.03. The van der Waals surface area contributed by atoms with Gasteiger partial charge in [0.25, 0.3) is 5.91 Å². The number of nitrogens with zero attached hydrogens (tertiary/aromatic N) is 2. The lowest BCUT2D eigenvalue weighted by Crippen LogP contribution is -2.48. The van der Waals surface area contributed by atoms with E-state index in [1.807, 2.05) is 45.6 Å². The third-order valence-electron chi connectivity index (χ3n) is 5.14. The van der Waals surface area contributed by atoms with Crippen molar-refractivity contribution in [3.63, 3.8) is 0 Å². The molecule has 1 atom stereocenters. The number of benzene rings is 1. The molecule has 1 saturated heterocycles. The summed E-state index contributed by atoms with van der Waals surface area (Å²) in [4.78, 5) is 29.4. The second kappa shape index (κ2) is 8.51. The van der Waals surface area contributed by atoms with Crippen molar-refractivity contribution in [1.82, 2.24) is 9.80 Å². The van der Waals surface area contributed by atoms with Crippen LogP contribution < -0.4 is 9.47 Å². The summed E-state index contributed by atoms with van der Waals surface area (Å²) in [5.74, 6) is 1.29. The lowest BCUT2D eigenvalue weighted by atomic mass is 9.96. The van der Waals surface area contributed by atoms with Gasteiger partial charge in [-0.05, 0) is 65.5 Å². The predicted molar refractivity (Wildman–Crippen MR) is 109 cm³/mol. The van der Waals surface area contributed by atoms with E-state index in [9.17, 15) is 9.59 Å². The van der Waals surface area contributed by atoms with Crippen LogP contribution in [0.15, 0.2) is 18.2 Å². The van der Waals surface area contributed by atoms with E-state index in [-0.39, 0.29) is 30.8 Å². The first-order valence-electron chi connectivity index (χ1n) is 10.3. The van der Waals surface area contributed by atoms with Gasteiger partial charge in [0.05, 0.1) is 5.56 Å². The van der Waals surface area contributed by atoms with Gasteiger partial charge in [-0.15, -0.1) is 0 Å². The molecule has 2 aliphatic rings. The van der Waals surface area contributed by atoms with Crippen LogP contribution in [-0.4, -0.2) is 59.9 Å². The van der Waals surface area contributed by atoms with E-state index in [2.05, 4.69) is 0 Å². The minimum absolute atomic E-state index is 0.0267. The summed E-state index contributed by atoms with van der Waals surface area (Å²) in [6, 6.07) is 5.42. The Morgan fingerprint density at radius 2 is 2.03 bits per heavy atom. The number of carbonyl (C=O) groups excluding carboxylic acids is 2. The average molecular weight is 405 g/mol. The highest BCUT2D eigenvalue weighted by atomic mass is 16.7. The Kier molecular flexibility index (Phi) is 6.24. The van der Waals surface area contributed by atoms with Gasteiger partial charge in [0.15, 0.2) is 11.5 Å². The van der Waals surface area contributed by atoms with Gasteiger partial charge in [0.1, 0.15) is 5.60 Å². The molecule has 0 spiro atoms. The molecule has 0 bridgehead atoms. The van der Waals surface area contributed by atoms with Crippen LogP contribution >= 0.6 is 0 Å². The molecule has 160 valence electrons. The van der Waals surface area contributed by atoms with Gasteiger partial charge in [0, 0.05) is 25.7 Å². The number of ether oxygens (including phenoxy) is 3. The van der Waals surface area contributed by atoms with Crippen LogP contribution in [0.3, 0.4) is 0 Å². The molecule has 1 aromatic rings. The Morgan fingerprint density at radius 1 is 1.28 bits per heavy atom. The van der Waals surface area contributed by atoms with Gasteiger partial charge in [-0.3, -0.25) is 4.79 Å². The molecular weight excluding hydrogens is 372 g/mol. The zero-order valence-corrected chi connectivity index (χ0v) is 18.1. The Balaban J connectivity index is 1.68. The third-order valence-corrected chi connectivity index (χ3v) is 5.14. The van der Waals surface area contributed by atoms with Crippen molar-refractivity contribution in [2.45, 2.75) is 59.1 Å². The first kappa shape index (κ1) is 21.3. The predicted octanol–water partition coefficient (Wildman–Crippen LogP) is 3.91. The molecule has 3 rings (SSSR count). The van der Waals surface area contributed by atoms with Crippen molar-refractivity contribution in [2.24, 2.45) is 5.92 Å². The van der Waals surface area contributed by atoms with Gasteiger partial charge in [-0.25, -0.2) is 4.79 Å². The number of amides is 2. The molecule has 2 aliphatic heterocycles. The summed E-state index contributed by atoms with van der Waals surface area (Å²) in [7, 11) is 0. The maximum absolute atomic E-state index is 13.1. The van der Waals surface area contributed by atoms with Crippen molar-refractivity contribution in [2.75, 3.05) is 26.4 Å². The number of hydrogen-bond donors (Lipinski definition) is 0. The third kappa shape index (κ3) is 5.14. The first-order valence-corrected chi connectivity index (χ1v) is 10.3. The van der Waals surface area contributed by atoms with Crippen LogP contribution in [0.4, 0.5) is 4.79 Å². The molecule has 7 heteroatoms. The molecule has 1 aromatic carbocycles. The number of piperidine rings is 1. The second-order valence-electron chi connectivity index (χ2n) is 9.03. The number of para-hydroxylation sites is 1. The van der Waals surface area contributed by atoms with E-state index < -0.39 is 5.60 Å². The van der Waals surface area contributed by atoms with E-state index in [1.54, 1.807) is 17.0 Å². The fourth-order valence-electron chi connectivity index (χ4n) is 3.76. The normalized spacial score (nSPS) is 18.7. The molecule has 0 aliphatic carbocycles. The van der Waals surface area contributed by atoms with Crippen LogP contribution in [0.25, 0.3) is 0 Å². The topological polar surface area (TPSA) is 68.3 Å². The van der Waals surface area contributed by atoms with E-state index in [0.717, 1.165) is 12.8 Å². The number of hydrogen-bond acceptors (Lipinski definition) is 5. The molecular formula is C22H32N2O5. The largest absolute Gasteiger partial charge is 0.454 e. The maximum atomic E-state index is 13.1. The molecule has 1 fully saturated rings. The zero-order valence-electron chi connectivity index (χ0n) is 18.1. The van der Waals surface area contributed by atoms with Crippen LogP contribution in [-0.2, 0) is 4.74 Å². The Labute approximate surface area is 172 Å². The van der Waals surface area contributed by atoms with E-state index in [4.69, 9.17) is 14.2 Å². The lowest BCUT2D eigenvalue weighted by Gasteiger charge is -2.37. The van der Waals surface area contributed by atoms with Crippen molar-refractivity contribution in [3.8, 4) is 11.5 Å². The number of carbonyl (C=O) groups is 2. The number of likely N-dealkylation sites (tertiary alicyclic amines) is 1. The average Bonchev–Trinajstić information content (AvgIpc) is 3.13. The van der Waals surface area contributed by atoms with Crippen LogP contribution in [0, 0.1) is 5.92 Å². The summed E-state index contributed by atoms with van der Waals surface area (Å²) in [6.45, 7) is 11.6. The van der Waals surface area contributed by atoms with Crippen LogP contribution in [0.5, 0.6) is 11.5 Å². The summed E-state index contributed by atoms with van der Waals surface area (Å²) >= 11 is 0. The molecule has 1 unspecified atom stereocenters. The van der Waals surface area contributed by atoms with Gasteiger partial charge in [-0.1, -0.05) is 6.07 Å². The van der Waals surface area contributed by atoms with Crippen molar-refractivity contribution in [3.05, 3.63) is 23.8 Å². The molecule has 2 amide bonds. The fraction of sp³-hybridized carbons (Fsp3) is 0.636. The molecule has 0 aromatic heterocycles. The molecule has 0 saturated carbocycles. The maximum Gasteiger partial charge on any atom is 0.410 e. The van der Waals surface area contributed by atoms with Crippen molar-refractivity contribution in [1.29, 1.82) is 0 Å². The molecule has 0 N–H and O–H groups in total. The fourth-order valence-corrected chi connectivity index (χ4v) is 3.76. The van der Waals surface area contributed by atoms with Crippen molar-refractivity contribution < 1.29 is 23.8 Å². The minimum Gasteiger partial charge on any atom is -0.454 e. The highest BCUT2D eigenvalue weighted by Gasteiger charge is 2.32. The monoisotopic (exact) mass is 404 g/mol. The standard InChI is InChI=1S/C22H32N2O5/c1-15(2)24(21(26)29-22(3,4)5)13-16-8-7-11-23(12-16)20(25)17-9-6-10-18-19(17)28-14-27-18/h6,9-10,15-16H,7-8,11-14H2,1-5H3. The highest BCUT2D eigenvalue weighted by molar-refractivity contribution is 5.98. The summed E-state index contributed by atoms with van der Waals surface area (Å²) in [5, 5.41) is 0. The van der Waals surface area contributed by atoms with E-state index >= 15 is 0 Å². The zero-order chi connectivity index (χ0) is 21.2. The summed E-state index contributed by atoms with van der Waals surface area (Å²) < 4.78 is 16.5. The van der Waals surface area contributed by atoms with E-state index in [1.165, 1.54) is 0 Å². The first-order chi connectivity index (χ1) is 13.7. The quantitative estimate of drug-likeness (QED) is 0.761. The smallest absolute Gasteiger partial charge is 0.410 e.